The van der Waals surface area contributed by atoms with Crippen LogP contribution < -0.4 is 5.32 Å². The van der Waals surface area contributed by atoms with Crippen molar-refractivity contribution in [2.45, 2.75) is 211 Å². The minimum Gasteiger partial charge on any atom is -0.394 e. The van der Waals surface area contributed by atoms with E-state index in [9.17, 15) is 30.3 Å². The standard InChI is InChI=1S/C60H95NO8/c1-3-5-7-9-11-13-14-15-16-17-18-19-20-21-22-23-24-25-26-27-28-29-30-31-32-33-34-35-36-37-38-39-40-42-44-46-48-50-56(64)61-53(54(63)49-47-45-43-41-12-10-8-6-4-2)52-68-60-59(67)58(66)57(65)55(51-62)69-60/h4-7,11-13,15-16,18-19,21-22,24-25,27-28,30-31,33-34,41,47,49,53-55,57-60,62-63,65-67H,3,8-10,14,17,20,23,26,29,32,35-40,42-46,48,50-52H2,1-2H3,(H,61,64)/b6-4+,7-5-,13-11-,16-15-,19-18-,22-21-,25-24-,28-27-,31-30-,34-33-,41-12+,49-47+. The smallest absolute Gasteiger partial charge is 0.220 e. The Bertz CT molecular complexity index is 1580. The molecule has 0 aromatic rings. The van der Waals surface area contributed by atoms with Crippen LogP contribution in [0.4, 0.5) is 0 Å². The predicted octanol–water partition coefficient (Wildman–Crippen LogP) is 12.7. The highest BCUT2D eigenvalue weighted by Crippen LogP contribution is 2.22. The van der Waals surface area contributed by atoms with Gasteiger partial charge < -0.3 is 40.3 Å². The molecule has 6 N–H and O–H groups in total. The van der Waals surface area contributed by atoms with Gasteiger partial charge in [-0.25, -0.2) is 0 Å². The fourth-order valence-electron chi connectivity index (χ4n) is 7.30. The number of allylic oxidation sites excluding steroid dienone is 23. The highest BCUT2D eigenvalue weighted by atomic mass is 16.7. The molecule has 0 aromatic heterocycles. The van der Waals surface area contributed by atoms with Gasteiger partial charge in [-0.05, 0) is 110 Å². The van der Waals surface area contributed by atoms with Crippen molar-refractivity contribution in [3.05, 3.63) is 146 Å². The van der Waals surface area contributed by atoms with E-state index < -0.39 is 49.5 Å². The third-order valence-electron chi connectivity index (χ3n) is 11.5. The van der Waals surface area contributed by atoms with Gasteiger partial charge in [-0.2, -0.15) is 0 Å². The highest BCUT2D eigenvalue weighted by Gasteiger charge is 2.44. The number of rotatable bonds is 42. The number of ether oxygens (including phenoxy) is 2. The van der Waals surface area contributed by atoms with E-state index >= 15 is 0 Å². The molecule has 7 atom stereocenters. The molecule has 1 aliphatic heterocycles. The summed E-state index contributed by atoms with van der Waals surface area (Å²) in [4.78, 5) is 13.0. The Kier molecular flexibility index (Phi) is 43.6. The lowest BCUT2D eigenvalue weighted by Crippen LogP contribution is -2.60. The van der Waals surface area contributed by atoms with E-state index in [0.29, 0.717) is 12.8 Å². The summed E-state index contributed by atoms with van der Waals surface area (Å²) in [7, 11) is 0. The minimum atomic E-state index is -1.58. The van der Waals surface area contributed by atoms with Crippen LogP contribution in [0.3, 0.4) is 0 Å². The van der Waals surface area contributed by atoms with Gasteiger partial charge in [0.15, 0.2) is 6.29 Å². The first-order valence-electron chi connectivity index (χ1n) is 26.5. The van der Waals surface area contributed by atoms with Crippen LogP contribution in [0.5, 0.6) is 0 Å². The van der Waals surface area contributed by atoms with Gasteiger partial charge in [-0.1, -0.05) is 198 Å². The Hall–Kier alpha value is -3.93. The fourth-order valence-corrected chi connectivity index (χ4v) is 7.30. The molecule has 9 nitrogen and oxygen atoms in total. The molecule has 69 heavy (non-hydrogen) atoms. The van der Waals surface area contributed by atoms with Crippen LogP contribution in [-0.4, -0.2) is 87.5 Å². The van der Waals surface area contributed by atoms with Crippen LogP contribution in [0.2, 0.25) is 0 Å². The van der Waals surface area contributed by atoms with Crippen molar-refractivity contribution in [1.29, 1.82) is 0 Å². The summed E-state index contributed by atoms with van der Waals surface area (Å²) >= 11 is 0. The Labute approximate surface area is 419 Å². The Morgan fingerprint density at radius 1 is 0.522 bits per heavy atom. The zero-order chi connectivity index (χ0) is 50.1. The van der Waals surface area contributed by atoms with E-state index in [1.165, 1.54) is 32.1 Å². The molecule has 1 aliphatic rings. The maximum atomic E-state index is 13.0. The maximum absolute atomic E-state index is 13.0. The second kappa shape index (κ2) is 47.7. The minimum absolute atomic E-state index is 0.209. The Morgan fingerprint density at radius 3 is 1.39 bits per heavy atom. The van der Waals surface area contributed by atoms with Crippen molar-refractivity contribution in [3.8, 4) is 0 Å². The molecular weight excluding hydrogens is 863 g/mol. The molecule has 0 aliphatic carbocycles. The number of hydrogen-bond acceptors (Lipinski definition) is 8. The topological polar surface area (TPSA) is 149 Å². The lowest BCUT2D eigenvalue weighted by atomic mass is 9.99. The van der Waals surface area contributed by atoms with Gasteiger partial charge in [0, 0.05) is 6.42 Å². The van der Waals surface area contributed by atoms with Crippen LogP contribution in [-0.2, 0) is 14.3 Å². The second-order valence-electron chi connectivity index (χ2n) is 17.6. The van der Waals surface area contributed by atoms with Crippen molar-refractivity contribution in [3.63, 3.8) is 0 Å². The number of nitrogens with one attached hydrogen (secondary N) is 1. The maximum Gasteiger partial charge on any atom is 0.220 e. The van der Waals surface area contributed by atoms with Gasteiger partial charge in [0.2, 0.25) is 5.91 Å². The lowest BCUT2D eigenvalue weighted by Gasteiger charge is -2.40. The highest BCUT2D eigenvalue weighted by molar-refractivity contribution is 5.76. The molecule has 7 unspecified atom stereocenters. The molecular formula is C60H95NO8. The molecule has 1 amide bonds. The molecule has 0 radical (unpaired) electrons. The van der Waals surface area contributed by atoms with Crippen LogP contribution in [0.15, 0.2) is 146 Å². The Balaban J connectivity index is 2.15. The van der Waals surface area contributed by atoms with Gasteiger partial charge in [-0.3, -0.25) is 4.79 Å². The van der Waals surface area contributed by atoms with Crippen molar-refractivity contribution in [2.75, 3.05) is 13.2 Å². The molecule has 9 heteroatoms. The van der Waals surface area contributed by atoms with E-state index in [1.54, 1.807) is 6.08 Å². The number of aliphatic hydroxyl groups is 5. The van der Waals surface area contributed by atoms with Crippen LogP contribution in [0.25, 0.3) is 0 Å². The fraction of sp³-hybridized carbons (Fsp3) is 0.583. The monoisotopic (exact) mass is 958 g/mol. The molecule has 388 valence electrons. The number of carbonyl (C=O) groups is 1. The van der Waals surface area contributed by atoms with Gasteiger partial charge >= 0.3 is 0 Å². The van der Waals surface area contributed by atoms with E-state index in [2.05, 4.69) is 140 Å². The molecule has 0 aromatic carbocycles. The third kappa shape index (κ3) is 37.6. The average Bonchev–Trinajstić information content (AvgIpc) is 3.35. The summed E-state index contributed by atoms with van der Waals surface area (Å²) in [6.45, 7) is 3.37. The van der Waals surface area contributed by atoms with Gasteiger partial charge in [-0.15, -0.1) is 0 Å². The third-order valence-corrected chi connectivity index (χ3v) is 11.5. The number of amides is 1. The van der Waals surface area contributed by atoms with E-state index in [0.717, 1.165) is 109 Å². The van der Waals surface area contributed by atoms with E-state index in [1.807, 2.05) is 19.1 Å². The number of hydrogen-bond donors (Lipinski definition) is 6. The van der Waals surface area contributed by atoms with Crippen molar-refractivity contribution in [1.82, 2.24) is 5.32 Å². The lowest BCUT2D eigenvalue weighted by molar-refractivity contribution is -0.302. The van der Waals surface area contributed by atoms with Gasteiger partial charge in [0.1, 0.15) is 24.4 Å². The zero-order valence-electron chi connectivity index (χ0n) is 42.7. The number of unbranched alkanes of at least 4 members (excludes halogenated alkanes) is 11. The van der Waals surface area contributed by atoms with Gasteiger partial charge in [0.05, 0.1) is 25.4 Å². The summed E-state index contributed by atoms with van der Waals surface area (Å²) in [6, 6.07) is -0.839. The largest absolute Gasteiger partial charge is 0.394 e. The molecule has 0 saturated carbocycles. The van der Waals surface area contributed by atoms with Crippen LogP contribution >= 0.6 is 0 Å². The average molecular weight is 958 g/mol. The normalized spacial score (nSPS) is 20.7. The first-order chi connectivity index (χ1) is 33.8. The summed E-state index contributed by atoms with van der Waals surface area (Å²) in [6.07, 6.45) is 68.0. The summed E-state index contributed by atoms with van der Waals surface area (Å²) in [5.41, 5.74) is 0. The van der Waals surface area contributed by atoms with Gasteiger partial charge in [0.25, 0.3) is 0 Å². The SMILES string of the molecule is C/C=C/CC/C=C/CC/C=C/C(O)C(COC1OC(CO)C(O)C(O)C1O)NC(=O)CCCCCCCCCCC/C=C\C/C=C\C/C=C\C/C=C\C/C=C\C/C=C\C/C=C\C/C=C\C/C=C\CC. The number of aliphatic hydroxyl groups excluding tert-OH is 5. The zero-order valence-corrected chi connectivity index (χ0v) is 42.7. The first kappa shape index (κ1) is 63.1. The van der Waals surface area contributed by atoms with E-state index in [-0.39, 0.29) is 12.5 Å². The van der Waals surface area contributed by atoms with Crippen molar-refractivity contribution in [2.24, 2.45) is 0 Å². The summed E-state index contributed by atoms with van der Waals surface area (Å²) in [5.74, 6) is -0.209. The molecule has 0 bridgehead atoms. The molecule has 1 rings (SSSR count). The molecule has 1 heterocycles. The summed E-state index contributed by atoms with van der Waals surface area (Å²) in [5, 5.41) is 54.1. The van der Waals surface area contributed by atoms with Crippen LogP contribution in [0.1, 0.15) is 168 Å². The Morgan fingerprint density at radius 2 is 0.928 bits per heavy atom. The predicted molar refractivity (Wildman–Crippen MR) is 289 cm³/mol. The number of carbonyl (C=O) groups excluding carboxylic acids is 1. The first-order valence-corrected chi connectivity index (χ1v) is 26.5. The molecule has 1 fully saturated rings. The van der Waals surface area contributed by atoms with Crippen molar-refractivity contribution < 1.29 is 39.8 Å². The van der Waals surface area contributed by atoms with Crippen molar-refractivity contribution >= 4 is 5.91 Å². The van der Waals surface area contributed by atoms with Crippen LogP contribution in [0, 0.1) is 0 Å². The molecule has 1 saturated heterocycles. The molecule has 0 spiro atoms. The quantitative estimate of drug-likeness (QED) is 0.0262. The summed E-state index contributed by atoms with van der Waals surface area (Å²) < 4.78 is 11.2. The second-order valence-corrected chi connectivity index (χ2v) is 17.6. The van der Waals surface area contributed by atoms with E-state index in [4.69, 9.17) is 9.47 Å².